The van der Waals surface area contributed by atoms with Crippen molar-refractivity contribution < 1.29 is 4.39 Å². The van der Waals surface area contributed by atoms with Crippen LogP contribution in [0.2, 0.25) is 0 Å². The average molecular weight is 292 g/mol. The lowest BCUT2D eigenvalue weighted by Crippen LogP contribution is -2.24. The highest BCUT2D eigenvalue weighted by Crippen LogP contribution is 2.24. The summed E-state index contributed by atoms with van der Waals surface area (Å²) in [4.78, 5) is 3.61. The van der Waals surface area contributed by atoms with Gasteiger partial charge in [-0.25, -0.2) is 4.39 Å². The molecule has 0 unspecified atom stereocenters. The Morgan fingerprint density at radius 1 is 1.25 bits per heavy atom. The highest BCUT2D eigenvalue weighted by Gasteiger charge is 2.11. The van der Waals surface area contributed by atoms with Gasteiger partial charge in [-0.2, -0.15) is 0 Å². The number of thiophene rings is 1. The fraction of sp³-hybridized carbons (Fsp3) is 0.375. The first-order valence-electron chi connectivity index (χ1n) is 7.01. The predicted octanol–water partition coefficient (Wildman–Crippen LogP) is 4.02. The predicted molar refractivity (Wildman–Crippen MR) is 84.8 cm³/mol. The van der Waals surface area contributed by atoms with Crippen molar-refractivity contribution in [1.82, 2.24) is 5.32 Å². The molecule has 2 nitrogen and oxygen atoms in total. The minimum Gasteiger partial charge on any atom is -0.366 e. The molecule has 4 heteroatoms. The molecule has 0 spiro atoms. The van der Waals surface area contributed by atoms with E-state index >= 15 is 0 Å². The maximum Gasteiger partial charge on any atom is 0.123 e. The van der Waals surface area contributed by atoms with Crippen molar-refractivity contribution >= 4 is 17.0 Å². The zero-order valence-electron chi connectivity index (χ0n) is 12.0. The van der Waals surface area contributed by atoms with E-state index in [1.54, 1.807) is 23.5 Å². The SMILES string of the molecule is CCNCc1cc(F)ccc1N(CC)Cc1cccs1. The zero-order valence-corrected chi connectivity index (χ0v) is 12.8. The summed E-state index contributed by atoms with van der Waals surface area (Å²) in [7, 11) is 0. The molecule has 0 saturated heterocycles. The molecule has 0 bridgehead atoms. The van der Waals surface area contributed by atoms with E-state index in [0.29, 0.717) is 6.54 Å². The van der Waals surface area contributed by atoms with Crippen molar-refractivity contribution in [3.8, 4) is 0 Å². The standard InChI is InChI=1S/C16H21FN2S/c1-3-18-11-13-10-14(17)7-8-16(13)19(4-2)12-15-6-5-9-20-15/h5-10,18H,3-4,11-12H2,1-2H3. The second-order valence-corrected chi connectivity index (χ2v) is 5.68. The number of rotatable bonds is 7. The van der Waals surface area contributed by atoms with Crippen LogP contribution < -0.4 is 10.2 Å². The van der Waals surface area contributed by atoms with Crippen LogP contribution in [0.1, 0.15) is 24.3 Å². The van der Waals surface area contributed by atoms with Crippen LogP contribution in [0, 0.1) is 5.82 Å². The van der Waals surface area contributed by atoms with Gasteiger partial charge in [-0.1, -0.05) is 13.0 Å². The van der Waals surface area contributed by atoms with Crippen LogP contribution in [-0.4, -0.2) is 13.1 Å². The molecular formula is C16H21FN2S. The van der Waals surface area contributed by atoms with Gasteiger partial charge >= 0.3 is 0 Å². The Kier molecular flexibility index (Phi) is 5.56. The van der Waals surface area contributed by atoms with E-state index < -0.39 is 0 Å². The number of nitrogens with zero attached hydrogens (tertiary/aromatic N) is 1. The lowest BCUT2D eigenvalue weighted by molar-refractivity contribution is 0.621. The quantitative estimate of drug-likeness (QED) is 0.829. The Morgan fingerprint density at radius 2 is 2.10 bits per heavy atom. The van der Waals surface area contributed by atoms with Crippen LogP contribution in [0.4, 0.5) is 10.1 Å². The van der Waals surface area contributed by atoms with E-state index in [1.807, 2.05) is 6.07 Å². The first-order chi connectivity index (χ1) is 9.74. The summed E-state index contributed by atoms with van der Waals surface area (Å²) in [6.07, 6.45) is 0. The smallest absolute Gasteiger partial charge is 0.123 e. The summed E-state index contributed by atoms with van der Waals surface area (Å²) < 4.78 is 13.5. The molecule has 1 heterocycles. The lowest BCUT2D eigenvalue weighted by atomic mass is 10.1. The van der Waals surface area contributed by atoms with Crippen molar-refractivity contribution in [3.05, 3.63) is 52.0 Å². The van der Waals surface area contributed by atoms with E-state index in [0.717, 1.165) is 30.9 Å². The van der Waals surface area contributed by atoms with Crippen LogP contribution in [0.3, 0.4) is 0 Å². The first kappa shape index (κ1) is 15.0. The van der Waals surface area contributed by atoms with Crippen molar-refractivity contribution in [2.45, 2.75) is 26.9 Å². The third-order valence-corrected chi connectivity index (χ3v) is 4.12. The van der Waals surface area contributed by atoms with Gasteiger partial charge in [0.25, 0.3) is 0 Å². The Labute approximate surface area is 124 Å². The van der Waals surface area contributed by atoms with Crippen LogP contribution in [0.25, 0.3) is 0 Å². The van der Waals surface area contributed by atoms with Crippen LogP contribution in [-0.2, 0) is 13.1 Å². The summed E-state index contributed by atoms with van der Waals surface area (Å²) in [5.74, 6) is -0.172. The van der Waals surface area contributed by atoms with Gasteiger partial charge in [0.2, 0.25) is 0 Å². The third-order valence-electron chi connectivity index (χ3n) is 3.26. The second kappa shape index (κ2) is 7.41. The summed E-state index contributed by atoms with van der Waals surface area (Å²) >= 11 is 1.76. The molecule has 0 fully saturated rings. The van der Waals surface area contributed by atoms with Crippen LogP contribution >= 0.6 is 11.3 Å². The number of anilines is 1. The molecule has 0 atom stereocenters. The third kappa shape index (κ3) is 3.81. The summed E-state index contributed by atoms with van der Waals surface area (Å²) in [5.41, 5.74) is 2.13. The molecule has 0 aliphatic carbocycles. The number of nitrogens with one attached hydrogen (secondary N) is 1. The molecule has 0 aliphatic rings. The van der Waals surface area contributed by atoms with Gasteiger partial charge in [-0.15, -0.1) is 11.3 Å². The van der Waals surface area contributed by atoms with Gasteiger partial charge in [-0.05, 0) is 48.7 Å². The van der Waals surface area contributed by atoms with Gasteiger partial charge in [0.1, 0.15) is 5.82 Å². The highest BCUT2D eigenvalue weighted by atomic mass is 32.1. The zero-order chi connectivity index (χ0) is 14.4. The Morgan fingerprint density at radius 3 is 2.75 bits per heavy atom. The van der Waals surface area contributed by atoms with E-state index in [2.05, 4.69) is 41.6 Å². The summed E-state index contributed by atoms with van der Waals surface area (Å²) in [6.45, 7) is 7.55. The van der Waals surface area contributed by atoms with E-state index in [1.165, 1.54) is 4.88 Å². The van der Waals surface area contributed by atoms with Crippen molar-refractivity contribution in [2.75, 3.05) is 18.0 Å². The van der Waals surface area contributed by atoms with Gasteiger partial charge < -0.3 is 10.2 Å². The Hall–Kier alpha value is -1.39. The topological polar surface area (TPSA) is 15.3 Å². The average Bonchev–Trinajstić information content (AvgIpc) is 2.96. The molecule has 2 aromatic rings. The maximum absolute atomic E-state index is 13.5. The van der Waals surface area contributed by atoms with Gasteiger partial charge in [0, 0.05) is 23.7 Å². The molecule has 1 aromatic heterocycles. The van der Waals surface area contributed by atoms with Crippen molar-refractivity contribution in [2.24, 2.45) is 0 Å². The molecule has 2 rings (SSSR count). The molecule has 1 N–H and O–H groups in total. The molecule has 1 aromatic carbocycles. The van der Waals surface area contributed by atoms with Crippen molar-refractivity contribution in [1.29, 1.82) is 0 Å². The molecule has 20 heavy (non-hydrogen) atoms. The van der Waals surface area contributed by atoms with E-state index in [-0.39, 0.29) is 5.82 Å². The van der Waals surface area contributed by atoms with Crippen LogP contribution in [0.15, 0.2) is 35.7 Å². The van der Waals surface area contributed by atoms with Crippen molar-refractivity contribution in [3.63, 3.8) is 0 Å². The fourth-order valence-electron chi connectivity index (χ4n) is 2.22. The Bertz CT molecular complexity index is 525. The molecule has 0 radical (unpaired) electrons. The maximum atomic E-state index is 13.5. The van der Waals surface area contributed by atoms with Gasteiger partial charge in [-0.3, -0.25) is 0 Å². The fourth-order valence-corrected chi connectivity index (χ4v) is 2.94. The monoisotopic (exact) mass is 292 g/mol. The normalized spacial score (nSPS) is 10.8. The number of hydrogen-bond acceptors (Lipinski definition) is 3. The molecule has 0 amide bonds. The molecule has 0 saturated carbocycles. The molecule has 0 aliphatic heterocycles. The molecule has 108 valence electrons. The van der Waals surface area contributed by atoms with Gasteiger partial charge in [0.05, 0.1) is 6.54 Å². The first-order valence-corrected chi connectivity index (χ1v) is 7.89. The van der Waals surface area contributed by atoms with Crippen LogP contribution in [0.5, 0.6) is 0 Å². The lowest BCUT2D eigenvalue weighted by Gasteiger charge is -2.25. The number of halogens is 1. The molecular weight excluding hydrogens is 271 g/mol. The Balaban J connectivity index is 2.23. The highest BCUT2D eigenvalue weighted by molar-refractivity contribution is 7.09. The number of hydrogen-bond donors (Lipinski definition) is 1. The minimum absolute atomic E-state index is 0.172. The van der Waals surface area contributed by atoms with Gasteiger partial charge in [0.15, 0.2) is 0 Å². The van der Waals surface area contributed by atoms with E-state index in [4.69, 9.17) is 0 Å². The largest absolute Gasteiger partial charge is 0.366 e. The number of benzene rings is 1. The summed E-state index contributed by atoms with van der Waals surface area (Å²) in [5, 5.41) is 5.37. The summed E-state index contributed by atoms with van der Waals surface area (Å²) in [6, 6.07) is 9.27. The minimum atomic E-state index is -0.172. The van der Waals surface area contributed by atoms with E-state index in [9.17, 15) is 4.39 Å². The second-order valence-electron chi connectivity index (χ2n) is 4.65.